The van der Waals surface area contributed by atoms with Gasteiger partial charge in [-0.1, -0.05) is 49.0 Å². The maximum absolute atomic E-state index is 13.5. The number of anilines is 1. The van der Waals surface area contributed by atoms with Gasteiger partial charge in [0, 0.05) is 30.9 Å². The minimum Gasteiger partial charge on any atom is -0.335 e. The van der Waals surface area contributed by atoms with E-state index in [4.69, 9.17) is 0 Å². The lowest BCUT2D eigenvalue weighted by Crippen LogP contribution is -2.44. The number of hydrogen-bond donors (Lipinski definition) is 1. The Labute approximate surface area is 198 Å². The molecule has 1 atom stereocenters. The summed E-state index contributed by atoms with van der Waals surface area (Å²) < 4.78 is 1.77. The molecule has 0 bridgehead atoms. The molecule has 0 fully saturated rings. The van der Waals surface area contributed by atoms with Crippen LogP contribution in [0.2, 0.25) is 0 Å². The van der Waals surface area contributed by atoms with Crippen LogP contribution >= 0.6 is 11.8 Å². The van der Waals surface area contributed by atoms with Crippen molar-refractivity contribution < 1.29 is 9.59 Å². The van der Waals surface area contributed by atoms with Crippen LogP contribution in [-0.2, 0) is 24.7 Å². The van der Waals surface area contributed by atoms with Crippen molar-refractivity contribution in [2.75, 3.05) is 17.6 Å². The number of benzene rings is 2. The highest BCUT2D eigenvalue weighted by Crippen LogP contribution is 2.26. The molecule has 0 saturated heterocycles. The molecule has 3 aromatic rings. The van der Waals surface area contributed by atoms with E-state index in [0.717, 1.165) is 32.2 Å². The maximum Gasteiger partial charge on any atom is 0.254 e. The molecule has 2 amide bonds. The Hall–Kier alpha value is -3.13. The third-order valence-electron chi connectivity index (χ3n) is 5.88. The number of hydrogen-bond acceptors (Lipinski definition) is 5. The minimum absolute atomic E-state index is 0.0192. The van der Waals surface area contributed by atoms with Crippen molar-refractivity contribution in [2.24, 2.45) is 7.05 Å². The summed E-state index contributed by atoms with van der Waals surface area (Å²) in [5.41, 5.74) is 3.95. The zero-order chi connectivity index (χ0) is 23.2. The molecule has 8 heteroatoms. The molecule has 33 heavy (non-hydrogen) atoms. The summed E-state index contributed by atoms with van der Waals surface area (Å²) in [7, 11) is 1.84. The van der Waals surface area contributed by atoms with E-state index in [1.807, 2.05) is 30.1 Å². The molecule has 0 saturated carbocycles. The van der Waals surface area contributed by atoms with Crippen molar-refractivity contribution in [3.8, 4) is 0 Å². The van der Waals surface area contributed by atoms with Crippen molar-refractivity contribution in [1.29, 1.82) is 0 Å². The number of amides is 2. The van der Waals surface area contributed by atoms with E-state index in [0.29, 0.717) is 16.4 Å². The second kappa shape index (κ2) is 10.7. The van der Waals surface area contributed by atoms with Gasteiger partial charge >= 0.3 is 0 Å². The fourth-order valence-corrected chi connectivity index (χ4v) is 4.95. The van der Waals surface area contributed by atoms with Gasteiger partial charge in [-0.2, -0.15) is 0 Å². The van der Waals surface area contributed by atoms with Crippen LogP contribution in [0.3, 0.4) is 0 Å². The summed E-state index contributed by atoms with van der Waals surface area (Å²) in [4.78, 5) is 27.9. The molecule has 172 valence electrons. The summed E-state index contributed by atoms with van der Waals surface area (Å²) in [5, 5.41) is 11.4. The van der Waals surface area contributed by atoms with Gasteiger partial charge in [0.25, 0.3) is 5.91 Å². The lowest BCUT2D eigenvalue weighted by Gasteiger charge is -2.35. The number of carbonyl (C=O) groups excluding carboxylic acids is 2. The van der Waals surface area contributed by atoms with E-state index in [2.05, 4.69) is 46.7 Å². The fraction of sp³-hybridized carbons (Fsp3) is 0.360. The number of aryl methyl sites for hydroxylation is 2. The van der Waals surface area contributed by atoms with E-state index in [-0.39, 0.29) is 23.6 Å². The minimum atomic E-state index is -0.151. The summed E-state index contributed by atoms with van der Waals surface area (Å²) in [5.74, 6) is 0.0847. The number of aromatic nitrogens is 3. The first-order chi connectivity index (χ1) is 16.0. The highest BCUT2D eigenvalue weighted by Gasteiger charge is 2.28. The van der Waals surface area contributed by atoms with Crippen LogP contribution in [-0.4, -0.2) is 49.8 Å². The topological polar surface area (TPSA) is 80.1 Å². The molecular weight excluding hydrogens is 434 g/mol. The maximum atomic E-state index is 13.5. The fourth-order valence-electron chi connectivity index (χ4n) is 4.26. The molecular formula is C25H29N5O2S. The Morgan fingerprint density at radius 2 is 2.00 bits per heavy atom. The molecule has 0 spiro atoms. The second-order valence-corrected chi connectivity index (χ2v) is 9.25. The molecule has 1 aromatic heterocycles. The van der Waals surface area contributed by atoms with E-state index < -0.39 is 0 Å². The van der Waals surface area contributed by atoms with E-state index in [1.165, 1.54) is 22.9 Å². The number of nitrogens with one attached hydrogen (secondary N) is 1. The second-order valence-electron chi connectivity index (χ2n) is 8.31. The van der Waals surface area contributed by atoms with Crippen LogP contribution in [0.1, 0.15) is 41.3 Å². The average molecular weight is 464 g/mol. The van der Waals surface area contributed by atoms with Gasteiger partial charge in [0.2, 0.25) is 5.91 Å². The van der Waals surface area contributed by atoms with Crippen molar-refractivity contribution in [3.63, 3.8) is 0 Å². The molecule has 0 radical (unpaired) electrons. The summed E-state index contributed by atoms with van der Waals surface area (Å²) in [6.45, 7) is 2.82. The van der Waals surface area contributed by atoms with Gasteiger partial charge in [0.15, 0.2) is 5.16 Å². The summed E-state index contributed by atoms with van der Waals surface area (Å²) >= 11 is 1.32. The van der Waals surface area contributed by atoms with Crippen LogP contribution in [0.5, 0.6) is 0 Å². The molecule has 1 aliphatic carbocycles. The van der Waals surface area contributed by atoms with Crippen molar-refractivity contribution in [2.45, 2.75) is 43.8 Å². The Morgan fingerprint density at radius 1 is 1.18 bits per heavy atom. The van der Waals surface area contributed by atoms with E-state index >= 15 is 0 Å². The van der Waals surface area contributed by atoms with Crippen LogP contribution in [0.25, 0.3) is 0 Å². The van der Waals surface area contributed by atoms with Crippen LogP contribution in [0, 0.1) is 0 Å². The Morgan fingerprint density at radius 3 is 2.76 bits per heavy atom. The van der Waals surface area contributed by atoms with Crippen molar-refractivity contribution >= 4 is 29.3 Å². The van der Waals surface area contributed by atoms with Crippen molar-refractivity contribution in [1.82, 2.24) is 19.7 Å². The molecule has 1 heterocycles. The zero-order valence-electron chi connectivity index (χ0n) is 19.0. The van der Waals surface area contributed by atoms with Gasteiger partial charge in [-0.3, -0.25) is 9.59 Å². The van der Waals surface area contributed by atoms with Crippen LogP contribution in [0.15, 0.2) is 60.0 Å². The molecule has 4 rings (SSSR count). The van der Waals surface area contributed by atoms with Crippen LogP contribution < -0.4 is 5.32 Å². The monoisotopic (exact) mass is 463 g/mol. The lowest BCUT2D eigenvalue weighted by molar-refractivity contribution is -0.113. The van der Waals surface area contributed by atoms with Gasteiger partial charge in [-0.25, -0.2) is 0 Å². The highest BCUT2D eigenvalue weighted by atomic mass is 32.2. The van der Waals surface area contributed by atoms with Crippen LogP contribution in [0.4, 0.5) is 5.69 Å². The van der Waals surface area contributed by atoms with Gasteiger partial charge in [-0.05, 0) is 55.0 Å². The standard InChI is InChI=1S/C25H29N5O2S/c1-3-13-30(22-12-11-18-7-4-5-8-19(18)15-22)24(32)20-9-6-10-21(14-20)27-23(31)16-33-25-28-26-17-29(25)2/h4-10,14,17,22H,3,11-13,15-16H2,1-2H3,(H,27,31). The molecule has 1 aliphatic rings. The third-order valence-corrected chi connectivity index (χ3v) is 6.92. The number of fused-ring (bicyclic) bond motifs is 1. The van der Waals surface area contributed by atoms with Gasteiger partial charge in [0.1, 0.15) is 6.33 Å². The molecule has 2 aromatic carbocycles. The molecule has 0 aliphatic heterocycles. The summed E-state index contributed by atoms with van der Waals surface area (Å²) in [6, 6.07) is 15.9. The van der Waals surface area contributed by atoms with Gasteiger partial charge in [-0.15, -0.1) is 10.2 Å². The zero-order valence-corrected chi connectivity index (χ0v) is 19.8. The first-order valence-corrected chi connectivity index (χ1v) is 12.3. The summed E-state index contributed by atoms with van der Waals surface area (Å²) in [6.07, 6.45) is 5.35. The first-order valence-electron chi connectivity index (χ1n) is 11.3. The highest BCUT2D eigenvalue weighted by molar-refractivity contribution is 7.99. The normalized spacial score (nSPS) is 15.0. The molecule has 1 unspecified atom stereocenters. The lowest BCUT2D eigenvalue weighted by atomic mass is 9.87. The molecule has 7 nitrogen and oxygen atoms in total. The third kappa shape index (κ3) is 5.63. The number of nitrogens with zero attached hydrogens (tertiary/aromatic N) is 4. The van der Waals surface area contributed by atoms with Crippen molar-refractivity contribution in [3.05, 3.63) is 71.5 Å². The number of carbonyl (C=O) groups is 2. The average Bonchev–Trinajstić information content (AvgIpc) is 3.25. The number of rotatable bonds is 8. The molecule has 1 N–H and O–H groups in total. The van der Waals surface area contributed by atoms with Gasteiger partial charge < -0.3 is 14.8 Å². The van der Waals surface area contributed by atoms with E-state index in [9.17, 15) is 9.59 Å². The first kappa shape index (κ1) is 23.0. The van der Waals surface area contributed by atoms with Gasteiger partial charge in [0.05, 0.1) is 5.75 Å². The SMILES string of the molecule is CCCN(C(=O)c1cccc(NC(=O)CSc2nncn2C)c1)C1CCc2ccccc2C1. The van der Waals surface area contributed by atoms with E-state index in [1.54, 1.807) is 17.0 Å². The quantitative estimate of drug-likeness (QED) is 0.512. The Balaban J connectivity index is 1.43. The number of thioether (sulfide) groups is 1. The smallest absolute Gasteiger partial charge is 0.254 e. The largest absolute Gasteiger partial charge is 0.335 e. The Bertz CT molecular complexity index is 1130. The Kier molecular flexibility index (Phi) is 7.44. The predicted octanol–water partition coefficient (Wildman–Crippen LogP) is 3.96. The predicted molar refractivity (Wildman–Crippen MR) is 130 cm³/mol.